The Hall–Kier alpha value is -1.74. The minimum absolute atomic E-state index is 0.186. The molecular formula is C18H20ClNO2. The summed E-state index contributed by atoms with van der Waals surface area (Å²) >= 11 is 6.32. The van der Waals surface area contributed by atoms with Crippen molar-refractivity contribution in [1.29, 1.82) is 0 Å². The molecule has 1 aliphatic carbocycles. The Bertz CT molecular complexity index is 709. The largest absolute Gasteiger partial charge is 0.426 e. The minimum atomic E-state index is -0.432. The maximum absolute atomic E-state index is 12.1. The predicted molar refractivity (Wildman–Crippen MR) is 90.4 cm³/mol. The van der Waals surface area contributed by atoms with E-state index in [1.54, 1.807) is 0 Å². The number of hydrogen-bond acceptors (Lipinski definition) is 3. The lowest BCUT2D eigenvalue weighted by Gasteiger charge is -2.25. The zero-order valence-corrected chi connectivity index (χ0v) is 13.5. The van der Waals surface area contributed by atoms with Gasteiger partial charge in [-0.3, -0.25) is 0 Å². The van der Waals surface area contributed by atoms with Crippen LogP contribution in [0, 0.1) is 0 Å². The Balaban J connectivity index is 2.14. The minimum Gasteiger partial charge on any atom is -0.426 e. The van der Waals surface area contributed by atoms with Crippen LogP contribution in [-0.2, 0) is 12.8 Å². The van der Waals surface area contributed by atoms with E-state index in [9.17, 15) is 4.79 Å². The first-order valence-corrected chi connectivity index (χ1v) is 8.19. The summed E-state index contributed by atoms with van der Waals surface area (Å²) in [5.74, 6) is 0.812. The van der Waals surface area contributed by atoms with Crippen molar-refractivity contribution in [1.82, 2.24) is 0 Å². The van der Waals surface area contributed by atoms with Gasteiger partial charge in [0, 0.05) is 24.7 Å². The molecule has 4 heteroatoms. The van der Waals surface area contributed by atoms with E-state index in [0.29, 0.717) is 0 Å². The molecule has 0 saturated heterocycles. The van der Waals surface area contributed by atoms with Gasteiger partial charge in [-0.05, 0) is 31.4 Å². The van der Waals surface area contributed by atoms with Gasteiger partial charge >= 0.3 is 5.63 Å². The molecule has 0 spiro atoms. The Labute approximate surface area is 135 Å². The Morgan fingerprint density at radius 3 is 2.45 bits per heavy atom. The van der Waals surface area contributed by atoms with Crippen LogP contribution in [0.2, 0.25) is 5.02 Å². The fourth-order valence-electron chi connectivity index (χ4n) is 3.11. The standard InChI is InChI=1S/C18H20ClNO2/c1-20(13-9-5-4-6-10-13)17-14-11-7-2-3-8-12-15(14)22-18(21)16(17)19/h4-6,9-10H,2-3,7-8,11-12H2,1H3. The number of para-hydroxylation sites is 1. The Kier molecular flexibility index (Phi) is 4.53. The van der Waals surface area contributed by atoms with Crippen LogP contribution < -0.4 is 10.5 Å². The fraction of sp³-hybridized carbons (Fsp3) is 0.389. The average Bonchev–Trinajstić information content (AvgIpc) is 2.52. The van der Waals surface area contributed by atoms with Crippen LogP contribution in [0.25, 0.3) is 0 Å². The number of fused-ring (bicyclic) bond motifs is 1. The smallest absolute Gasteiger partial charge is 0.357 e. The lowest BCUT2D eigenvalue weighted by molar-refractivity contribution is 0.432. The Morgan fingerprint density at radius 2 is 1.73 bits per heavy atom. The third-order valence-corrected chi connectivity index (χ3v) is 4.62. The van der Waals surface area contributed by atoms with Crippen LogP contribution in [0.5, 0.6) is 0 Å². The summed E-state index contributed by atoms with van der Waals surface area (Å²) in [6.45, 7) is 0. The monoisotopic (exact) mass is 317 g/mol. The highest BCUT2D eigenvalue weighted by molar-refractivity contribution is 6.33. The van der Waals surface area contributed by atoms with Gasteiger partial charge in [-0.2, -0.15) is 0 Å². The van der Waals surface area contributed by atoms with Crippen molar-refractivity contribution in [3.05, 3.63) is 57.1 Å². The number of aryl methyl sites for hydroxylation is 1. The van der Waals surface area contributed by atoms with Crippen LogP contribution in [0.4, 0.5) is 11.4 Å². The topological polar surface area (TPSA) is 33.5 Å². The molecule has 1 aromatic heterocycles. The molecule has 0 atom stereocenters. The SMILES string of the molecule is CN(c1ccccc1)c1c2c(oc(=O)c1Cl)CCCCCC2. The molecule has 0 radical (unpaired) electrons. The molecule has 2 aromatic rings. The molecule has 1 aliphatic rings. The summed E-state index contributed by atoms with van der Waals surface area (Å²) in [4.78, 5) is 14.1. The van der Waals surface area contributed by atoms with Crippen molar-refractivity contribution in [2.24, 2.45) is 0 Å². The van der Waals surface area contributed by atoms with E-state index in [1.807, 2.05) is 42.3 Å². The Morgan fingerprint density at radius 1 is 1.05 bits per heavy atom. The van der Waals surface area contributed by atoms with Crippen molar-refractivity contribution in [3.63, 3.8) is 0 Å². The summed E-state index contributed by atoms with van der Waals surface area (Å²) in [5, 5.41) is 0.186. The molecule has 0 unspecified atom stereocenters. The van der Waals surface area contributed by atoms with E-state index in [-0.39, 0.29) is 5.02 Å². The van der Waals surface area contributed by atoms with Crippen molar-refractivity contribution in [2.45, 2.75) is 38.5 Å². The number of hydrogen-bond donors (Lipinski definition) is 0. The summed E-state index contributed by atoms with van der Waals surface area (Å²) in [7, 11) is 1.95. The van der Waals surface area contributed by atoms with Crippen LogP contribution in [0.15, 0.2) is 39.5 Å². The average molecular weight is 318 g/mol. The van der Waals surface area contributed by atoms with Crippen molar-refractivity contribution < 1.29 is 4.42 Å². The van der Waals surface area contributed by atoms with E-state index in [0.717, 1.165) is 48.4 Å². The zero-order valence-electron chi connectivity index (χ0n) is 12.8. The van der Waals surface area contributed by atoms with E-state index in [4.69, 9.17) is 16.0 Å². The van der Waals surface area contributed by atoms with Crippen LogP contribution in [0.3, 0.4) is 0 Å². The van der Waals surface area contributed by atoms with Gasteiger partial charge in [0.15, 0.2) is 0 Å². The number of nitrogens with zero attached hydrogens (tertiary/aromatic N) is 1. The fourth-order valence-corrected chi connectivity index (χ4v) is 3.39. The molecule has 1 heterocycles. The summed E-state index contributed by atoms with van der Waals surface area (Å²) in [6.07, 6.45) is 6.29. The van der Waals surface area contributed by atoms with E-state index >= 15 is 0 Å². The lowest BCUT2D eigenvalue weighted by Crippen LogP contribution is -2.19. The van der Waals surface area contributed by atoms with E-state index in [2.05, 4.69) is 0 Å². The van der Waals surface area contributed by atoms with Gasteiger partial charge in [-0.25, -0.2) is 4.79 Å². The van der Waals surface area contributed by atoms with Gasteiger partial charge in [0.05, 0.1) is 5.69 Å². The second kappa shape index (κ2) is 6.57. The van der Waals surface area contributed by atoms with Gasteiger partial charge < -0.3 is 9.32 Å². The van der Waals surface area contributed by atoms with Crippen molar-refractivity contribution in [2.75, 3.05) is 11.9 Å². The van der Waals surface area contributed by atoms with Crippen molar-refractivity contribution in [3.8, 4) is 0 Å². The van der Waals surface area contributed by atoms with Crippen molar-refractivity contribution >= 4 is 23.0 Å². The third-order valence-electron chi connectivity index (χ3n) is 4.28. The van der Waals surface area contributed by atoms with Gasteiger partial charge in [-0.1, -0.05) is 42.6 Å². The number of benzene rings is 1. The molecule has 0 saturated carbocycles. The van der Waals surface area contributed by atoms with Crippen LogP contribution >= 0.6 is 11.6 Å². The van der Waals surface area contributed by atoms with Gasteiger partial charge in [-0.15, -0.1) is 0 Å². The summed E-state index contributed by atoms with van der Waals surface area (Å²) in [5.41, 5.74) is 2.48. The highest BCUT2D eigenvalue weighted by Gasteiger charge is 2.22. The predicted octanol–water partition coefficient (Wildman–Crippen LogP) is 4.72. The second-order valence-corrected chi connectivity index (χ2v) is 6.14. The summed E-state index contributed by atoms with van der Waals surface area (Å²) < 4.78 is 5.48. The highest BCUT2D eigenvalue weighted by atomic mass is 35.5. The van der Waals surface area contributed by atoms with E-state index < -0.39 is 5.63 Å². The van der Waals surface area contributed by atoms with Crippen LogP contribution in [0.1, 0.15) is 37.0 Å². The first-order chi connectivity index (χ1) is 10.7. The highest BCUT2D eigenvalue weighted by Crippen LogP contribution is 2.36. The molecule has 3 nitrogen and oxygen atoms in total. The third kappa shape index (κ3) is 2.91. The molecule has 0 fully saturated rings. The zero-order chi connectivity index (χ0) is 15.5. The molecule has 0 amide bonds. The van der Waals surface area contributed by atoms with Gasteiger partial charge in [0.25, 0.3) is 0 Å². The normalized spacial score (nSPS) is 14.8. The molecule has 22 heavy (non-hydrogen) atoms. The maximum atomic E-state index is 12.1. The van der Waals surface area contributed by atoms with Gasteiger partial charge in [0.2, 0.25) is 0 Å². The van der Waals surface area contributed by atoms with E-state index in [1.165, 1.54) is 12.8 Å². The number of rotatable bonds is 2. The molecule has 0 aliphatic heterocycles. The first kappa shape index (κ1) is 15.2. The van der Waals surface area contributed by atoms with Crippen LogP contribution in [-0.4, -0.2) is 7.05 Å². The molecule has 1 aromatic carbocycles. The summed E-state index contributed by atoms with van der Waals surface area (Å²) in [6, 6.07) is 9.97. The molecular weight excluding hydrogens is 298 g/mol. The number of anilines is 2. The molecule has 0 N–H and O–H groups in total. The molecule has 3 rings (SSSR count). The first-order valence-electron chi connectivity index (χ1n) is 7.81. The molecule has 116 valence electrons. The molecule has 0 bridgehead atoms. The van der Waals surface area contributed by atoms with Gasteiger partial charge in [0.1, 0.15) is 10.8 Å². The quantitative estimate of drug-likeness (QED) is 0.803. The second-order valence-electron chi connectivity index (χ2n) is 5.76. The maximum Gasteiger partial charge on any atom is 0.357 e. The lowest BCUT2D eigenvalue weighted by atomic mass is 9.96. The number of halogens is 1.